The molecule has 90 valence electrons. The molecule has 0 radical (unpaired) electrons. The van der Waals surface area contributed by atoms with Gasteiger partial charge in [0.1, 0.15) is 5.01 Å². The number of aliphatic hydroxyl groups excluding tert-OH is 1. The molecule has 0 aliphatic carbocycles. The summed E-state index contributed by atoms with van der Waals surface area (Å²) in [4.78, 5) is 8.22. The summed E-state index contributed by atoms with van der Waals surface area (Å²) >= 11 is 1.82. The largest absolute Gasteiger partial charge is 0.393 e. The highest BCUT2D eigenvalue weighted by atomic mass is 32.1. The van der Waals surface area contributed by atoms with Crippen molar-refractivity contribution in [3.63, 3.8) is 0 Å². The number of hydrogen-bond acceptors (Lipinski definition) is 4. The monoisotopic (exact) mass is 240 g/mol. The van der Waals surface area contributed by atoms with Crippen LogP contribution in [0.1, 0.15) is 42.5 Å². The zero-order valence-electron chi connectivity index (χ0n) is 10.0. The summed E-state index contributed by atoms with van der Waals surface area (Å²) in [6.07, 6.45) is 3.73. The lowest BCUT2D eigenvalue weighted by atomic mass is 10.1. The van der Waals surface area contributed by atoms with E-state index in [2.05, 4.69) is 23.7 Å². The van der Waals surface area contributed by atoms with Gasteiger partial charge < -0.3 is 5.11 Å². The van der Waals surface area contributed by atoms with Crippen LogP contribution in [0.2, 0.25) is 0 Å². The Balaban J connectivity index is 1.88. The average molecular weight is 240 g/mol. The first-order valence-electron chi connectivity index (χ1n) is 6.00. The molecule has 16 heavy (non-hydrogen) atoms. The summed E-state index contributed by atoms with van der Waals surface area (Å²) in [6.45, 7) is 7.35. The Hall–Kier alpha value is -0.450. The van der Waals surface area contributed by atoms with Gasteiger partial charge in [-0.2, -0.15) is 0 Å². The third kappa shape index (κ3) is 3.03. The van der Waals surface area contributed by atoms with Crippen molar-refractivity contribution in [3.8, 4) is 0 Å². The van der Waals surface area contributed by atoms with Crippen molar-refractivity contribution in [2.45, 2.75) is 45.3 Å². The zero-order valence-corrected chi connectivity index (χ0v) is 10.8. The smallest absolute Gasteiger partial charge is 0.107 e. The maximum absolute atomic E-state index is 9.43. The molecule has 1 aliphatic heterocycles. The molecule has 1 aromatic heterocycles. The quantitative estimate of drug-likeness (QED) is 0.880. The Morgan fingerprint density at radius 3 is 2.75 bits per heavy atom. The van der Waals surface area contributed by atoms with Gasteiger partial charge in [-0.15, -0.1) is 11.3 Å². The van der Waals surface area contributed by atoms with Gasteiger partial charge in [-0.25, -0.2) is 4.98 Å². The molecule has 1 aliphatic rings. The van der Waals surface area contributed by atoms with Crippen LogP contribution in [0.15, 0.2) is 6.20 Å². The first-order chi connectivity index (χ1) is 7.65. The summed E-state index contributed by atoms with van der Waals surface area (Å²) in [5.74, 6) is 0.578. The molecule has 0 atom stereocenters. The van der Waals surface area contributed by atoms with Crippen molar-refractivity contribution in [2.75, 3.05) is 13.1 Å². The van der Waals surface area contributed by atoms with E-state index in [1.165, 1.54) is 9.88 Å². The van der Waals surface area contributed by atoms with E-state index >= 15 is 0 Å². The van der Waals surface area contributed by atoms with E-state index in [9.17, 15) is 5.11 Å². The maximum Gasteiger partial charge on any atom is 0.107 e. The highest BCUT2D eigenvalue weighted by molar-refractivity contribution is 7.11. The topological polar surface area (TPSA) is 36.4 Å². The lowest BCUT2D eigenvalue weighted by Gasteiger charge is -2.28. The van der Waals surface area contributed by atoms with E-state index in [4.69, 9.17) is 0 Å². The van der Waals surface area contributed by atoms with Crippen LogP contribution in [0.5, 0.6) is 0 Å². The van der Waals surface area contributed by atoms with Gasteiger partial charge in [-0.05, 0) is 18.8 Å². The molecule has 0 spiro atoms. The van der Waals surface area contributed by atoms with Gasteiger partial charge in [0, 0.05) is 24.2 Å². The second kappa shape index (κ2) is 5.25. The number of thiazole rings is 1. The Bertz CT molecular complexity index is 330. The number of hydrogen-bond donors (Lipinski definition) is 1. The Morgan fingerprint density at radius 1 is 1.50 bits per heavy atom. The lowest BCUT2D eigenvalue weighted by Crippen LogP contribution is -2.35. The Morgan fingerprint density at radius 2 is 2.19 bits per heavy atom. The fourth-order valence-electron chi connectivity index (χ4n) is 1.93. The van der Waals surface area contributed by atoms with E-state index < -0.39 is 0 Å². The van der Waals surface area contributed by atoms with Gasteiger partial charge in [-0.3, -0.25) is 4.90 Å². The second-order valence-corrected chi connectivity index (χ2v) is 5.97. The molecule has 1 fully saturated rings. The van der Waals surface area contributed by atoms with Crippen molar-refractivity contribution in [2.24, 2.45) is 0 Å². The maximum atomic E-state index is 9.43. The average Bonchev–Trinajstić information content (AvgIpc) is 2.70. The standard InChI is InChI=1S/C12H20N2OS/c1-9(2)11-7-13-12(16-11)8-14-5-3-10(15)4-6-14/h7,9-10,15H,3-6,8H2,1-2H3. The van der Waals surface area contributed by atoms with Gasteiger partial charge in [0.15, 0.2) is 0 Å². The number of nitrogens with zero attached hydrogens (tertiary/aromatic N) is 2. The molecule has 3 nitrogen and oxygen atoms in total. The minimum atomic E-state index is -0.0845. The normalized spacial score (nSPS) is 19.5. The molecule has 4 heteroatoms. The van der Waals surface area contributed by atoms with E-state index in [1.807, 2.05) is 17.5 Å². The predicted octanol–water partition coefficient (Wildman–Crippen LogP) is 2.22. The lowest BCUT2D eigenvalue weighted by molar-refractivity contribution is 0.0792. The van der Waals surface area contributed by atoms with Crippen LogP contribution >= 0.6 is 11.3 Å². The van der Waals surface area contributed by atoms with Crippen LogP contribution in [-0.2, 0) is 6.54 Å². The van der Waals surface area contributed by atoms with Crippen LogP contribution in [0.4, 0.5) is 0 Å². The van der Waals surface area contributed by atoms with Crippen molar-refractivity contribution in [1.82, 2.24) is 9.88 Å². The third-order valence-corrected chi connectivity index (χ3v) is 4.34. The zero-order chi connectivity index (χ0) is 11.5. The molecule has 1 saturated heterocycles. The third-order valence-electron chi connectivity index (χ3n) is 3.06. The fourth-order valence-corrected chi connectivity index (χ4v) is 2.90. The summed E-state index contributed by atoms with van der Waals surface area (Å²) < 4.78 is 0. The van der Waals surface area contributed by atoms with Crippen LogP contribution in [0.25, 0.3) is 0 Å². The van der Waals surface area contributed by atoms with Crippen molar-refractivity contribution in [3.05, 3.63) is 16.1 Å². The summed E-state index contributed by atoms with van der Waals surface area (Å²) in [7, 11) is 0. The molecule has 2 heterocycles. The molecule has 1 N–H and O–H groups in total. The minimum Gasteiger partial charge on any atom is -0.393 e. The SMILES string of the molecule is CC(C)c1cnc(CN2CCC(O)CC2)s1. The molecule has 2 rings (SSSR count). The molecule has 0 bridgehead atoms. The predicted molar refractivity (Wildman–Crippen MR) is 66.7 cm³/mol. The number of rotatable bonds is 3. The van der Waals surface area contributed by atoms with Gasteiger partial charge in [-0.1, -0.05) is 13.8 Å². The second-order valence-electron chi connectivity index (χ2n) is 4.82. The van der Waals surface area contributed by atoms with Crippen molar-refractivity contribution in [1.29, 1.82) is 0 Å². The van der Waals surface area contributed by atoms with Crippen molar-refractivity contribution >= 4 is 11.3 Å². The molecule has 0 amide bonds. The van der Waals surface area contributed by atoms with E-state index in [-0.39, 0.29) is 6.10 Å². The Labute approximate surface area is 101 Å². The van der Waals surface area contributed by atoms with Crippen LogP contribution in [0, 0.1) is 0 Å². The molecule has 1 aromatic rings. The first-order valence-corrected chi connectivity index (χ1v) is 6.82. The van der Waals surface area contributed by atoms with E-state index in [0.29, 0.717) is 5.92 Å². The van der Waals surface area contributed by atoms with Gasteiger partial charge in [0.2, 0.25) is 0 Å². The number of aromatic nitrogens is 1. The van der Waals surface area contributed by atoms with E-state index in [0.717, 1.165) is 32.5 Å². The summed E-state index contributed by atoms with van der Waals surface area (Å²) in [5, 5.41) is 10.6. The van der Waals surface area contributed by atoms with Crippen LogP contribution in [0.3, 0.4) is 0 Å². The minimum absolute atomic E-state index is 0.0845. The highest BCUT2D eigenvalue weighted by Gasteiger charge is 2.18. The molecule has 0 unspecified atom stereocenters. The van der Waals surface area contributed by atoms with E-state index in [1.54, 1.807) is 0 Å². The summed E-state index contributed by atoms with van der Waals surface area (Å²) in [6, 6.07) is 0. The van der Waals surface area contributed by atoms with Crippen molar-refractivity contribution < 1.29 is 5.11 Å². The number of piperidine rings is 1. The first kappa shape index (κ1) is 12.0. The van der Waals surface area contributed by atoms with Crippen LogP contribution < -0.4 is 0 Å². The van der Waals surface area contributed by atoms with Crippen LogP contribution in [-0.4, -0.2) is 34.2 Å². The van der Waals surface area contributed by atoms with Gasteiger partial charge in [0.05, 0.1) is 12.6 Å². The number of aliphatic hydroxyl groups is 1. The fraction of sp³-hybridized carbons (Fsp3) is 0.750. The highest BCUT2D eigenvalue weighted by Crippen LogP contribution is 2.23. The summed E-state index contributed by atoms with van der Waals surface area (Å²) in [5.41, 5.74) is 0. The molecule has 0 aromatic carbocycles. The Kier molecular flexibility index (Phi) is 3.95. The molecular formula is C12H20N2OS. The number of likely N-dealkylation sites (tertiary alicyclic amines) is 1. The molecule has 0 saturated carbocycles. The van der Waals surface area contributed by atoms with Gasteiger partial charge >= 0.3 is 0 Å². The molecular weight excluding hydrogens is 220 g/mol. The van der Waals surface area contributed by atoms with Gasteiger partial charge in [0.25, 0.3) is 0 Å².